The van der Waals surface area contributed by atoms with E-state index in [1.165, 1.54) is 6.07 Å². The van der Waals surface area contributed by atoms with Crippen molar-refractivity contribution in [1.29, 1.82) is 0 Å². The van der Waals surface area contributed by atoms with E-state index in [0.29, 0.717) is 11.6 Å². The molecule has 2 nitrogen and oxygen atoms in total. The van der Waals surface area contributed by atoms with Crippen LogP contribution in [0, 0.1) is 11.6 Å². The third-order valence-corrected chi connectivity index (χ3v) is 2.82. The number of H-pyrrole nitrogens is 1. The van der Waals surface area contributed by atoms with Gasteiger partial charge in [0.2, 0.25) is 0 Å². The normalized spacial score (nSPS) is 15.4. The number of halogens is 2. The number of nitrogens with one attached hydrogen (secondary N) is 1. The van der Waals surface area contributed by atoms with Crippen molar-refractivity contribution in [2.24, 2.45) is 0 Å². The molecule has 16 heavy (non-hydrogen) atoms. The molecule has 2 aromatic rings. The van der Waals surface area contributed by atoms with E-state index in [4.69, 9.17) is 0 Å². The molecule has 1 heterocycles. The lowest BCUT2D eigenvalue weighted by atomic mass is 10.1. The van der Waals surface area contributed by atoms with Crippen molar-refractivity contribution >= 4 is 0 Å². The first-order valence-corrected chi connectivity index (χ1v) is 5.25. The maximum atomic E-state index is 13.5. The fourth-order valence-corrected chi connectivity index (χ4v) is 1.77. The van der Waals surface area contributed by atoms with Crippen LogP contribution in [0.15, 0.2) is 24.3 Å². The third-order valence-electron chi connectivity index (χ3n) is 2.82. The van der Waals surface area contributed by atoms with Gasteiger partial charge in [0.25, 0.3) is 0 Å². The van der Waals surface area contributed by atoms with Gasteiger partial charge < -0.3 is 0 Å². The predicted octanol–water partition coefficient (Wildman–Crippen LogP) is 3.23. The molecule has 1 saturated carbocycles. The highest BCUT2D eigenvalue weighted by Crippen LogP contribution is 2.40. The highest BCUT2D eigenvalue weighted by Gasteiger charge is 2.26. The number of benzene rings is 1. The summed E-state index contributed by atoms with van der Waals surface area (Å²) in [7, 11) is 0. The Hall–Kier alpha value is -1.71. The van der Waals surface area contributed by atoms with E-state index in [9.17, 15) is 8.78 Å². The van der Waals surface area contributed by atoms with Crippen LogP contribution in [0.3, 0.4) is 0 Å². The molecule has 1 aliphatic rings. The van der Waals surface area contributed by atoms with Gasteiger partial charge in [0, 0.05) is 17.2 Å². The van der Waals surface area contributed by atoms with E-state index < -0.39 is 11.6 Å². The molecule has 1 fully saturated rings. The van der Waals surface area contributed by atoms with Gasteiger partial charge in [0.1, 0.15) is 11.6 Å². The number of aromatic amines is 1. The van der Waals surface area contributed by atoms with E-state index in [-0.39, 0.29) is 5.56 Å². The Morgan fingerprint density at radius 1 is 1.19 bits per heavy atom. The Kier molecular flexibility index (Phi) is 2.02. The molecule has 0 amide bonds. The lowest BCUT2D eigenvalue weighted by Crippen LogP contribution is -1.86. The molecule has 1 aromatic heterocycles. The van der Waals surface area contributed by atoms with Crippen molar-refractivity contribution in [2.45, 2.75) is 18.8 Å². The van der Waals surface area contributed by atoms with E-state index in [0.717, 1.165) is 30.7 Å². The highest BCUT2D eigenvalue weighted by molar-refractivity contribution is 5.60. The minimum atomic E-state index is -0.452. The smallest absolute Gasteiger partial charge is 0.132 e. The van der Waals surface area contributed by atoms with Crippen LogP contribution < -0.4 is 0 Å². The van der Waals surface area contributed by atoms with Crippen LogP contribution in [-0.4, -0.2) is 10.2 Å². The largest absolute Gasteiger partial charge is 0.282 e. The van der Waals surface area contributed by atoms with Gasteiger partial charge in [-0.1, -0.05) is 0 Å². The molecule has 0 unspecified atom stereocenters. The highest BCUT2D eigenvalue weighted by atomic mass is 19.1. The second-order valence-electron chi connectivity index (χ2n) is 4.11. The molecule has 0 spiro atoms. The molecule has 0 radical (unpaired) electrons. The van der Waals surface area contributed by atoms with Crippen molar-refractivity contribution in [3.05, 3.63) is 41.6 Å². The number of hydrogen-bond acceptors (Lipinski definition) is 1. The lowest BCUT2D eigenvalue weighted by Gasteiger charge is -1.98. The van der Waals surface area contributed by atoms with E-state index >= 15 is 0 Å². The summed E-state index contributed by atoms with van der Waals surface area (Å²) in [5.74, 6) is -0.375. The zero-order valence-corrected chi connectivity index (χ0v) is 8.50. The van der Waals surface area contributed by atoms with Gasteiger partial charge in [0.15, 0.2) is 0 Å². The maximum Gasteiger partial charge on any atom is 0.132 e. The first-order valence-electron chi connectivity index (χ1n) is 5.25. The molecule has 4 heteroatoms. The summed E-state index contributed by atoms with van der Waals surface area (Å²) in [4.78, 5) is 0. The van der Waals surface area contributed by atoms with Crippen LogP contribution >= 0.6 is 0 Å². The SMILES string of the molecule is Fc1ccc(F)c(-c2cc(C3CC3)[nH]n2)c1. The van der Waals surface area contributed by atoms with Crippen molar-refractivity contribution < 1.29 is 8.78 Å². The second-order valence-corrected chi connectivity index (χ2v) is 4.11. The van der Waals surface area contributed by atoms with Crippen molar-refractivity contribution in [1.82, 2.24) is 10.2 Å². The quantitative estimate of drug-likeness (QED) is 0.826. The van der Waals surface area contributed by atoms with Crippen LogP contribution in [0.5, 0.6) is 0 Å². The summed E-state index contributed by atoms with van der Waals surface area (Å²) >= 11 is 0. The standard InChI is InChI=1S/C12H10F2N2/c13-8-3-4-10(14)9(5-8)12-6-11(15-16-12)7-1-2-7/h3-7H,1-2H2,(H,15,16). The second kappa shape index (κ2) is 3.40. The van der Waals surface area contributed by atoms with Crippen molar-refractivity contribution in [3.63, 3.8) is 0 Å². The fourth-order valence-electron chi connectivity index (χ4n) is 1.77. The zero-order valence-electron chi connectivity index (χ0n) is 8.50. The number of hydrogen-bond donors (Lipinski definition) is 1. The average molecular weight is 220 g/mol. The molecule has 3 rings (SSSR count). The van der Waals surface area contributed by atoms with Gasteiger partial charge in [-0.25, -0.2) is 8.78 Å². The average Bonchev–Trinajstić information content (AvgIpc) is 3.01. The summed E-state index contributed by atoms with van der Waals surface area (Å²) in [5.41, 5.74) is 1.70. The Labute approximate surface area is 91.3 Å². The molecule has 0 saturated heterocycles. The summed E-state index contributed by atoms with van der Waals surface area (Å²) < 4.78 is 26.5. The van der Waals surface area contributed by atoms with Crippen LogP contribution in [0.2, 0.25) is 0 Å². The molecular formula is C12H10F2N2. The van der Waals surface area contributed by atoms with Crippen LogP contribution in [0.4, 0.5) is 8.78 Å². The Balaban J connectivity index is 2.03. The predicted molar refractivity (Wildman–Crippen MR) is 55.9 cm³/mol. The minimum Gasteiger partial charge on any atom is -0.282 e. The molecular weight excluding hydrogens is 210 g/mol. The summed E-state index contributed by atoms with van der Waals surface area (Å²) in [6, 6.07) is 5.20. The minimum absolute atomic E-state index is 0.211. The molecule has 1 N–H and O–H groups in total. The fraction of sp³-hybridized carbons (Fsp3) is 0.250. The summed E-state index contributed by atoms with van der Waals surface area (Å²) in [6.07, 6.45) is 2.29. The first-order chi connectivity index (χ1) is 7.74. The van der Waals surface area contributed by atoms with Crippen molar-refractivity contribution in [3.8, 4) is 11.3 Å². The Morgan fingerprint density at radius 3 is 2.75 bits per heavy atom. The Bertz CT molecular complexity index is 530. The first kappa shape index (κ1) is 9.51. The van der Waals surface area contributed by atoms with Crippen LogP contribution in [0.1, 0.15) is 24.5 Å². The number of aromatic nitrogens is 2. The van der Waals surface area contributed by atoms with Crippen LogP contribution in [-0.2, 0) is 0 Å². The van der Waals surface area contributed by atoms with Gasteiger partial charge in [-0.2, -0.15) is 5.10 Å². The molecule has 0 aliphatic heterocycles. The molecule has 1 aliphatic carbocycles. The summed E-state index contributed by atoms with van der Waals surface area (Å²) in [5, 5.41) is 6.89. The third kappa shape index (κ3) is 1.60. The van der Waals surface area contributed by atoms with Crippen molar-refractivity contribution in [2.75, 3.05) is 0 Å². The van der Waals surface area contributed by atoms with Gasteiger partial charge in [0.05, 0.1) is 5.69 Å². The number of nitrogens with zero attached hydrogens (tertiary/aromatic N) is 1. The van der Waals surface area contributed by atoms with Gasteiger partial charge >= 0.3 is 0 Å². The van der Waals surface area contributed by atoms with E-state index in [2.05, 4.69) is 10.2 Å². The monoisotopic (exact) mass is 220 g/mol. The molecule has 0 bridgehead atoms. The van der Waals surface area contributed by atoms with Gasteiger partial charge in [-0.05, 0) is 37.1 Å². The molecule has 82 valence electrons. The van der Waals surface area contributed by atoms with Gasteiger partial charge in [-0.3, -0.25) is 5.10 Å². The van der Waals surface area contributed by atoms with Gasteiger partial charge in [-0.15, -0.1) is 0 Å². The van der Waals surface area contributed by atoms with E-state index in [1.54, 1.807) is 6.07 Å². The maximum absolute atomic E-state index is 13.5. The molecule has 0 atom stereocenters. The van der Waals surface area contributed by atoms with Crippen LogP contribution in [0.25, 0.3) is 11.3 Å². The zero-order chi connectivity index (χ0) is 11.1. The lowest BCUT2D eigenvalue weighted by molar-refractivity contribution is 0.602. The molecule has 1 aromatic carbocycles. The Morgan fingerprint density at radius 2 is 2.00 bits per heavy atom. The summed E-state index contributed by atoms with van der Waals surface area (Å²) in [6.45, 7) is 0. The topological polar surface area (TPSA) is 28.7 Å². The van der Waals surface area contributed by atoms with E-state index in [1.807, 2.05) is 0 Å². The number of rotatable bonds is 2.